The van der Waals surface area contributed by atoms with E-state index in [9.17, 15) is 19.1 Å². The number of nitrogens with one attached hydrogen (secondary N) is 1. The Bertz CT molecular complexity index is 1480. The zero-order valence-electron chi connectivity index (χ0n) is 20.2. The number of esters is 2. The first kappa shape index (κ1) is 24.3. The molecule has 1 aromatic heterocycles. The lowest BCUT2D eigenvalue weighted by atomic mass is 9.84. The number of aliphatic hydroxyl groups is 1. The second-order valence-electron chi connectivity index (χ2n) is 9.02. The van der Waals surface area contributed by atoms with Gasteiger partial charge in [-0.1, -0.05) is 60.7 Å². The van der Waals surface area contributed by atoms with Crippen LogP contribution < -0.4 is 0 Å². The van der Waals surface area contributed by atoms with E-state index < -0.39 is 29.8 Å². The van der Waals surface area contributed by atoms with Crippen LogP contribution >= 0.6 is 0 Å². The molecule has 2 heterocycles. The predicted molar refractivity (Wildman–Crippen MR) is 137 cm³/mol. The van der Waals surface area contributed by atoms with E-state index in [0.29, 0.717) is 24.1 Å². The number of hydrogen-bond donors (Lipinski definition) is 2. The maximum absolute atomic E-state index is 14.1. The first-order chi connectivity index (χ1) is 17.9. The number of H-pyrrole nitrogens is 1. The van der Waals surface area contributed by atoms with Gasteiger partial charge in [-0.2, -0.15) is 0 Å². The summed E-state index contributed by atoms with van der Waals surface area (Å²) < 4.78 is 25.0. The van der Waals surface area contributed by atoms with Gasteiger partial charge in [0.15, 0.2) is 6.10 Å². The molecule has 0 saturated carbocycles. The highest BCUT2D eigenvalue weighted by molar-refractivity contribution is 5.95. The van der Waals surface area contributed by atoms with Gasteiger partial charge >= 0.3 is 11.9 Å². The lowest BCUT2D eigenvalue weighted by Gasteiger charge is -2.19. The normalized spacial score (nSPS) is 16.2. The molecule has 4 aromatic rings. The summed E-state index contributed by atoms with van der Waals surface area (Å²) in [5.74, 6) is -2.26. The number of halogens is 1. The Labute approximate surface area is 213 Å². The van der Waals surface area contributed by atoms with Crippen molar-refractivity contribution in [1.29, 1.82) is 0 Å². The molecule has 0 aliphatic carbocycles. The van der Waals surface area contributed by atoms with Crippen molar-refractivity contribution in [3.63, 3.8) is 0 Å². The molecule has 0 bridgehead atoms. The fourth-order valence-corrected chi connectivity index (χ4v) is 4.94. The summed E-state index contributed by atoms with van der Waals surface area (Å²) in [4.78, 5) is 28.0. The lowest BCUT2D eigenvalue weighted by molar-refractivity contribution is -0.141. The number of ether oxygens (including phenoxy) is 2. The molecule has 2 atom stereocenters. The van der Waals surface area contributed by atoms with Crippen LogP contribution in [0.3, 0.4) is 0 Å². The van der Waals surface area contributed by atoms with E-state index in [1.54, 1.807) is 6.07 Å². The summed E-state index contributed by atoms with van der Waals surface area (Å²) >= 11 is 0. The number of hydrogen-bond acceptors (Lipinski definition) is 5. The fraction of sp³-hybridized carbons (Fsp3) is 0.200. The number of aliphatic hydroxyl groups excluding tert-OH is 1. The molecule has 188 valence electrons. The minimum Gasteiger partial charge on any atom is -0.508 e. The Balaban J connectivity index is 1.65. The smallest absolute Gasteiger partial charge is 0.339 e. The van der Waals surface area contributed by atoms with Crippen LogP contribution in [-0.4, -0.2) is 34.7 Å². The van der Waals surface area contributed by atoms with Gasteiger partial charge in [0.1, 0.15) is 11.6 Å². The molecular formula is C30H26FNO5. The highest BCUT2D eigenvalue weighted by Gasteiger charge is 2.41. The van der Waals surface area contributed by atoms with Crippen molar-refractivity contribution in [3.8, 4) is 0 Å². The molecule has 0 amide bonds. The van der Waals surface area contributed by atoms with Gasteiger partial charge in [0.2, 0.25) is 0 Å². The third-order valence-electron chi connectivity index (χ3n) is 6.58. The van der Waals surface area contributed by atoms with Crippen molar-refractivity contribution in [1.82, 2.24) is 4.98 Å². The van der Waals surface area contributed by atoms with Crippen molar-refractivity contribution in [3.05, 3.63) is 118 Å². The maximum Gasteiger partial charge on any atom is 0.339 e. The summed E-state index contributed by atoms with van der Waals surface area (Å²) in [5, 5.41) is 12.1. The van der Waals surface area contributed by atoms with Crippen molar-refractivity contribution in [2.45, 2.75) is 31.8 Å². The van der Waals surface area contributed by atoms with Gasteiger partial charge in [0.25, 0.3) is 0 Å². The number of aromatic amines is 1. The van der Waals surface area contributed by atoms with Crippen molar-refractivity contribution in [2.24, 2.45) is 0 Å². The van der Waals surface area contributed by atoms with Gasteiger partial charge in [0.05, 0.1) is 18.1 Å². The Morgan fingerprint density at radius 3 is 2.49 bits per heavy atom. The Hall–Kier alpha value is -4.39. The van der Waals surface area contributed by atoms with Gasteiger partial charge < -0.3 is 19.6 Å². The fourth-order valence-electron chi connectivity index (χ4n) is 4.94. The molecule has 1 aliphatic rings. The molecular weight excluding hydrogens is 473 g/mol. The van der Waals surface area contributed by atoms with E-state index >= 15 is 0 Å². The zero-order chi connectivity index (χ0) is 25.9. The van der Waals surface area contributed by atoms with E-state index in [-0.39, 0.29) is 17.9 Å². The summed E-state index contributed by atoms with van der Waals surface area (Å²) in [6.45, 7) is 1.45. The van der Waals surface area contributed by atoms with Crippen LogP contribution in [0.25, 0.3) is 10.9 Å². The number of benzene rings is 3. The number of aromatic nitrogens is 1. The van der Waals surface area contributed by atoms with Gasteiger partial charge in [-0.15, -0.1) is 0 Å². The first-order valence-corrected chi connectivity index (χ1v) is 12.1. The molecule has 37 heavy (non-hydrogen) atoms. The highest BCUT2D eigenvalue weighted by Crippen LogP contribution is 2.42. The minimum absolute atomic E-state index is 0.111. The lowest BCUT2D eigenvalue weighted by Crippen LogP contribution is -2.15. The van der Waals surface area contributed by atoms with Crippen LogP contribution in [0.15, 0.2) is 90.2 Å². The van der Waals surface area contributed by atoms with Crippen LogP contribution in [-0.2, 0) is 31.9 Å². The standard InChI is InChI=1S/C30H26FNO5/c1-18(33)36-15-14-23-22-13-12-21(31)17-24(22)32-28(23)26(20-10-6-3-7-11-20)27-29(34)25(37-30(27)35)16-19-8-4-2-5-9-19/h2-13,17,25-26,32,34H,14-16H2,1H3. The Morgan fingerprint density at radius 1 is 1.08 bits per heavy atom. The maximum atomic E-state index is 14.1. The van der Waals surface area contributed by atoms with E-state index in [4.69, 9.17) is 9.47 Å². The molecule has 2 unspecified atom stereocenters. The number of carbonyl (C=O) groups excluding carboxylic acids is 2. The molecule has 5 rings (SSSR count). The molecule has 0 fully saturated rings. The van der Waals surface area contributed by atoms with E-state index in [2.05, 4.69) is 4.98 Å². The third kappa shape index (κ3) is 4.98. The summed E-state index contributed by atoms with van der Waals surface area (Å²) in [6.07, 6.45) is -0.149. The number of fused-ring (bicyclic) bond motifs is 1. The molecule has 0 radical (unpaired) electrons. The quantitative estimate of drug-likeness (QED) is 0.312. The van der Waals surface area contributed by atoms with Crippen molar-refractivity contribution >= 4 is 22.8 Å². The monoisotopic (exact) mass is 499 g/mol. The van der Waals surface area contributed by atoms with E-state index in [0.717, 1.165) is 22.1 Å². The molecule has 3 aromatic carbocycles. The minimum atomic E-state index is -0.817. The second kappa shape index (κ2) is 10.3. The number of rotatable bonds is 8. The second-order valence-corrected chi connectivity index (χ2v) is 9.02. The van der Waals surface area contributed by atoms with Crippen molar-refractivity contribution in [2.75, 3.05) is 6.61 Å². The van der Waals surface area contributed by atoms with Gasteiger partial charge in [-0.05, 0) is 34.9 Å². The summed E-state index contributed by atoms with van der Waals surface area (Å²) in [7, 11) is 0. The van der Waals surface area contributed by atoms with Crippen LogP contribution in [0, 0.1) is 5.82 Å². The van der Waals surface area contributed by atoms with Crippen LogP contribution in [0.1, 0.15) is 35.2 Å². The van der Waals surface area contributed by atoms with E-state index in [1.165, 1.54) is 19.1 Å². The third-order valence-corrected chi connectivity index (χ3v) is 6.58. The van der Waals surface area contributed by atoms with Crippen LogP contribution in [0.5, 0.6) is 0 Å². The average molecular weight is 500 g/mol. The highest BCUT2D eigenvalue weighted by atomic mass is 19.1. The Morgan fingerprint density at radius 2 is 1.78 bits per heavy atom. The number of cyclic esters (lactones) is 1. The number of carbonyl (C=O) groups is 2. The predicted octanol–water partition coefficient (Wildman–Crippen LogP) is 5.52. The molecule has 0 spiro atoms. The molecule has 7 heteroatoms. The first-order valence-electron chi connectivity index (χ1n) is 12.1. The zero-order valence-corrected chi connectivity index (χ0v) is 20.2. The SMILES string of the molecule is CC(=O)OCCc1c(C(C2=C(O)C(Cc3ccccc3)OC2=O)c2ccccc2)[nH]c2cc(F)ccc12. The molecule has 2 N–H and O–H groups in total. The Kier molecular flexibility index (Phi) is 6.77. The topological polar surface area (TPSA) is 88.6 Å². The largest absolute Gasteiger partial charge is 0.508 e. The van der Waals surface area contributed by atoms with Gasteiger partial charge in [-0.3, -0.25) is 4.79 Å². The molecule has 6 nitrogen and oxygen atoms in total. The molecule has 1 aliphatic heterocycles. The van der Waals surface area contributed by atoms with Crippen LogP contribution in [0.4, 0.5) is 4.39 Å². The van der Waals surface area contributed by atoms with Gasteiger partial charge in [-0.25, -0.2) is 9.18 Å². The summed E-state index contributed by atoms with van der Waals surface area (Å²) in [5.41, 5.74) is 3.73. The summed E-state index contributed by atoms with van der Waals surface area (Å²) in [6, 6.07) is 23.2. The molecule has 0 saturated heterocycles. The van der Waals surface area contributed by atoms with Gasteiger partial charge in [0, 0.05) is 36.4 Å². The average Bonchev–Trinajstić information content (AvgIpc) is 3.37. The van der Waals surface area contributed by atoms with Crippen LogP contribution in [0.2, 0.25) is 0 Å². The van der Waals surface area contributed by atoms with Crippen molar-refractivity contribution < 1.29 is 28.6 Å². The van der Waals surface area contributed by atoms with E-state index in [1.807, 2.05) is 60.7 Å².